The summed E-state index contributed by atoms with van der Waals surface area (Å²) in [4.78, 5) is 33.2. The fraction of sp³-hybridized carbons (Fsp3) is 0.640. The van der Waals surface area contributed by atoms with Crippen LogP contribution in [0.3, 0.4) is 0 Å². The maximum absolute atomic E-state index is 13.2. The Bertz CT molecular complexity index is 935. The van der Waals surface area contributed by atoms with E-state index in [1.165, 1.54) is 43.9 Å². The molecular formula is C25H38N4O2S. The van der Waals surface area contributed by atoms with Crippen molar-refractivity contribution in [2.45, 2.75) is 76.2 Å². The highest BCUT2D eigenvalue weighted by Gasteiger charge is 2.21. The van der Waals surface area contributed by atoms with Crippen molar-refractivity contribution >= 4 is 28.6 Å². The summed E-state index contributed by atoms with van der Waals surface area (Å²) in [6.45, 7) is 10.5. The van der Waals surface area contributed by atoms with Crippen molar-refractivity contribution < 1.29 is 4.79 Å². The molecule has 1 aromatic carbocycles. The van der Waals surface area contributed by atoms with Gasteiger partial charge in [-0.15, -0.1) is 0 Å². The molecule has 3 rings (SSSR count). The zero-order chi connectivity index (χ0) is 22.9. The highest BCUT2D eigenvalue weighted by Crippen LogP contribution is 2.25. The number of carbonyl (C=O) groups excluding carboxylic acids is 1. The number of fused-ring (bicyclic) bond motifs is 1. The highest BCUT2D eigenvalue weighted by molar-refractivity contribution is 8.00. The van der Waals surface area contributed by atoms with Crippen molar-refractivity contribution in [2.24, 2.45) is 5.92 Å². The van der Waals surface area contributed by atoms with Gasteiger partial charge in [-0.2, -0.15) is 0 Å². The third kappa shape index (κ3) is 6.58. The van der Waals surface area contributed by atoms with Crippen LogP contribution in [0.1, 0.15) is 59.3 Å². The molecule has 1 aromatic heterocycles. The quantitative estimate of drug-likeness (QED) is 0.402. The molecule has 1 atom stereocenters. The van der Waals surface area contributed by atoms with E-state index in [-0.39, 0.29) is 16.7 Å². The van der Waals surface area contributed by atoms with Crippen molar-refractivity contribution in [1.29, 1.82) is 0 Å². The van der Waals surface area contributed by atoms with E-state index in [2.05, 4.69) is 24.1 Å². The Labute approximate surface area is 196 Å². The molecule has 1 saturated carbocycles. The second-order valence-corrected chi connectivity index (χ2v) is 10.1. The Morgan fingerprint density at radius 1 is 1.22 bits per heavy atom. The topological polar surface area (TPSA) is 67.2 Å². The first-order chi connectivity index (χ1) is 15.5. The van der Waals surface area contributed by atoms with Gasteiger partial charge in [-0.05, 0) is 63.9 Å². The Morgan fingerprint density at radius 3 is 2.66 bits per heavy atom. The molecule has 1 amide bonds. The number of thioether (sulfide) groups is 1. The molecule has 0 saturated heterocycles. The van der Waals surface area contributed by atoms with Crippen LogP contribution < -0.4 is 10.9 Å². The molecule has 2 aromatic rings. The summed E-state index contributed by atoms with van der Waals surface area (Å²) in [6, 6.07) is 7.48. The molecule has 0 spiro atoms. The minimum Gasteiger partial charge on any atom is -0.355 e. The molecule has 1 unspecified atom stereocenters. The van der Waals surface area contributed by atoms with Crippen molar-refractivity contribution in [2.75, 3.05) is 26.2 Å². The van der Waals surface area contributed by atoms with Crippen molar-refractivity contribution in [3.8, 4) is 0 Å². The molecule has 176 valence electrons. The fourth-order valence-electron chi connectivity index (χ4n) is 4.42. The van der Waals surface area contributed by atoms with Gasteiger partial charge >= 0.3 is 0 Å². The monoisotopic (exact) mass is 458 g/mol. The van der Waals surface area contributed by atoms with E-state index < -0.39 is 0 Å². The number of amides is 1. The number of carbonyl (C=O) groups is 1. The van der Waals surface area contributed by atoms with Crippen LogP contribution in [-0.2, 0) is 11.3 Å². The fourth-order valence-corrected chi connectivity index (χ4v) is 5.38. The van der Waals surface area contributed by atoms with E-state index in [1.807, 2.05) is 31.2 Å². The molecule has 1 N–H and O–H groups in total. The number of hydrogen-bond acceptors (Lipinski definition) is 5. The first-order valence-corrected chi connectivity index (χ1v) is 13.1. The average molecular weight is 459 g/mol. The smallest absolute Gasteiger partial charge is 0.262 e. The largest absolute Gasteiger partial charge is 0.355 e. The summed E-state index contributed by atoms with van der Waals surface area (Å²) < 4.78 is 1.77. The molecule has 0 bridgehead atoms. The Balaban J connectivity index is 1.72. The summed E-state index contributed by atoms with van der Waals surface area (Å²) in [5, 5.41) is 4.10. The standard InChI is InChI=1S/C25H38N4O2S/c1-4-28(5-2)16-11-17-29-24(31)21-14-9-10-15-22(21)27-25(29)32-19(3)23(30)26-18-20-12-7-6-8-13-20/h9-10,14-15,19-20H,4-8,11-13,16-18H2,1-3H3,(H,26,30). The maximum Gasteiger partial charge on any atom is 0.262 e. The zero-order valence-electron chi connectivity index (χ0n) is 19.8. The molecule has 7 heteroatoms. The van der Waals surface area contributed by atoms with Crippen molar-refractivity contribution in [3.05, 3.63) is 34.6 Å². The predicted molar refractivity (Wildman–Crippen MR) is 133 cm³/mol. The van der Waals surface area contributed by atoms with Crippen LogP contribution in [-0.4, -0.2) is 51.8 Å². The summed E-state index contributed by atoms with van der Waals surface area (Å²) in [7, 11) is 0. The van der Waals surface area contributed by atoms with Gasteiger partial charge in [0.1, 0.15) is 0 Å². The molecule has 1 heterocycles. The van der Waals surface area contributed by atoms with Crippen molar-refractivity contribution in [3.63, 3.8) is 0 Å². The Kier molecular flexibility index (Phi) is 9.60. The number of nitrogens with zero attached hydrogens (tertiary/aromatic N) is 3. The molecule has 1 aliphatic carbocycles. The summed E-state index contributed by atoms with van der Waals surface area (Å²) in [5.74, 6) is 0.625. The summed E-state index contributed by atoms with van der Waals surface area (Å²) in [5.41, 5.74) is 0.669. The molecular weight excluding hydrogens is 420 g/mol. The average Bonchev–Trinajstić information content (AvgIpc) is 2.82. The van der Waals surface area contributed by atoms with Gasteiger partial charge in [0.15, 0.2) is 5.16 Å². The number of rotatable bonds is 11. The minimum absolute atomic E-state index is 0.0209. The first kappa shape index (κ1) is 24.8. The van der Waals surface area contributed by atoms with Gasteiger partial charge in [-0.1, -0.05) is 57.0 Å². The second kappa shape index (κ2) is 12.4. The zero-order valence-corrected chi connectivity index (χ0v) is 20.6. The van der Waals surface area contributed by atoms with Crippen LogP contribution in [0.25, 0.3) is 10.9 Å². The van der Waals surface area contributed by atoms with E-state index in [4.69, 9.17) is 4.98 Å². The lowest BCUT2D eigenvalue weighted by molar-refractivity contribution is -0.120. The summed E-state index contributed by atoms with van der Waals surface area (Å²) >= 11 is 1.39. The van der Waals surface area contributed by atoms with E-state index in [1.54, 1.807) is 4.57 Å². The third-order valence-electron chi connectivity index (χ3n) is 6.52. The van der Waals surface area contributed by atoms with E-state index in [0.29, 0.717) is 28.5 Å². The second-order valence-electron chi connectivity index (χ2n) is 8.76. The predicted octanol–water partition coefficient (Wildman–Crippen LogP) is 4.31. The molecule has 0 radical (unpaired) electrons. The molecule has 1 aliphatic rings. The highest BCUT2D eigenvalue weighted by atomic mass is 32.2. The number of nitrogens with one attached hydrogen (secondary N) is 1. The number of aromatic nitrogens is 2. The molecule has 32 heavy (non-hydrogen) atoms. The number of benzene rings is 1. The summed E-state index contributed by atoms with van der Waals surface area (Å²) in [6.07, 6.45) is 7.14. The van der Waals surface area contributed by atoms with Crippen LogP contribution in [0.2, 0.25) is 0 Å². The van der Waals surface area contributed by atoms with E-state index >= 15 is 0 Å². The maximum atomic E-state index is 13.2. The van der Waals surface area contributed by atoms with E-state index in [9.17, 15) is 9.59 Å². The van der Waals surface area contributed by atoms with Crippen LogP contribution in [0.15, 0.2) is 34.2 Å². The van der Waals surface area contributed by atoms with Crippen LogP contribution in [0.4, 0.5) is 0 Å². The van der Waals surface area contributed by atoms with Crippen LogP contribution >= 0.6 is 11.8 Å². The van der Waals surface area contributed by atoms with Gasteiger partial charge in [-0.25, -0.2) is 4.98 Å². The van der Waals surface area contributed by atoms with E-state index in [0.717, 1.165) is 32.6 Å². The minimum atomic E-state index is -0.305. The van der Waals surface area contributed by atoms with Gasteiger partial charge in [-0.3, -0.25) is 14.2 Å². The Morgan fingerprint density at radius 2 is 1.94 bits per heavy atom. The van der Waals surface area contributed by atoms with Gasteiger partial charge in [0.05, 0.1) is 16.2 Å². The van der Waals surface area contributed by atoms with Crippen molar-refractivity contribution in [1.82, 2.24) is 19.8 Å². The van der Waals surface area contributed by atoms with Crippen LogP contribution in [0.5, 0.6) is 0 Å². The SMILES string of the molecule is CCN(CC)CCCn1c(SC(C)C(=O)NCC2CCCCC2)nc2ccccc2c1=O. The number of hydrogen-bond donors (Lipinski definition) is 1. The lowest BCUT2D eigenvalue weighted by Crippen LogP contribution is -2.36. The molecule has 0 aliphatic heterocycles. The van der Waals surface area contributed by atoms with Gasteiger partial charge in [0.2, 0.25) is 5.91 Å². The van der Waals surface area contributed by atoms with Crippen LogP contribution in [0, 0.1) is 5.92 Å². The first-order valence-electron chi connectivity index (χ1n) is 12.2. The molecule has 1 fully saturated rings. The molecule has 6 nitrogen and oxygen atoms in total. The Hall–Kier alpha value is -1.86. The third-order valence-corrected chi connectivity index (χ3v) is 7.61. The lowest BCUT2D eigenvalue weighted by atomic mass is 9.89. The van der Waals surface area contributed by atoms with Gasteiger partial charge in [0.25, 0.3) is 5.56 Å². The normalized spacial score (nSPS) is 15.9. The number of para-hydroxylation sites is 1. The lowest BCUT2D eigenvalue weighted by Gasteiger charge is -2.23. The van der Waals surface area contributed by atoms with Gasteiger partial charge in [0, 0.05) is 13.1 Å². The van der Waals surface area contributed by atoms with Gasteiger partial charge < -0.3 is 10.2 Å².